The number of halogens is 1. The predicted octanol–water partition coefficient (Wildman–Crippen LogP) is 5.29. The number of hydrogen-bond acceptors (Lipinski definition) is 5. The first-order valence-electron chi connectivity index (χ1n) is 12.0. The summed E-state index contributed by atoms with van der Waals surface area (Å²) in [7, 11) is 3.45. The van der Waals surface area contributed by atoms with Crippen LogP contribution in [0.15, 0.2) is 54.7 Å². The van der Waals surface area contributed by atoms with Crippen molar-refractivity contribution in [1.29, 1.82) is 0 Å². The Labute approximate surface area is 209 Å². The molecule has 0 radical (unpaired) electrons. The van der Waals surface area contributed by atoms with E-state index in [9.17, 15) is 5.11 Å². The van der Waals surface area contributed by atoms with Crippen molar-refractivity contribution in [1.82, 2.24) is 24.5 Å². The van der Waals surface area contributed by atoms with Crippen molar-refractivity contribution in [2.24, 2.45) is 7.05 Å². The first-order chi connectivity index (χ1) is 17.2. The Morgan fingerprint density at radius 2 is 1.86 bits per heavy atom. The molecule has 8 heteroatoms. The average molecular weight is 488 g/mol. The van der Waals surface area contributed by atoms with Gasteiger partial charge in [-0.3, -0.25) is 4.98 Å². The van der Waals surface area contributed by atoms with Crippen LogP contribution in [-0.2, 0) is 17.4 Å². The van der Waals surface area contributed by atoms with Gasteiger partial charge in [0.05, 0.1) is 39.6 Å². The van der Waals surface area contributed by atoms with Gasteiger partial charge in [0.2, 0.25) is 0 Å². The fourth-order valence-corrected chi connectivity index (χ4v) is 4.96. The molecular weight excluding hydrogens is 457 g/mol. The summed E-state index contributed by atoms with van der Waals surface area (Å²) in [5.41, 5.74) is 4.77. The van der Waals surface area contributed by atoms with Crippen molar-refractivity contribution in [3.63, 3.8) is 0 Å². The number of ether oxygens (including phenoxy) is 1. The molecule has 0 amide bonds. The van der Waals surface area contributed by atoms with E-state index in [1.165, 1.54) is 0 Å². The summed E-state index contributed by atoms with van der Waals surface area (Å²) in [6, 6.07) is 15.5. The van der Waals surface area contributed by atoms with E-state index in [4.69, 9.17) is 9.72 Å². The summed E-state index contributed by atoms with van der Waals surface area (Å²) >= 11 is 0. The Kier molecular flexibility index (Phi) is 6.10. The second-order valence-corrected chi connectivity index (χ2v) is 9.72. The lowest BCUT2D eigenvalue weighted by atomic mass is 9.99. The van der Waals surface area contributed by atoms with Crippen LogP contribution >= 0.6 is 0 Å². The summed E-state index contributed by atoms with van der Waals surface area (Å²) < 4.78 is 24.9. The van der Waals surface area contributed by atoms with E-state index >= 15 is 4.39 Å². The number of aliphatic hydroxyl groups is 1. The van der Waals surface area contributed by atoms with Crippen LogP contribution in [0.2, 0.25) is 0 Å². The highest BCUT2D eigenvalue weighted by Gasteiger charge is 2.26. The standard InChI is InChI=1S/C28H30FN5O2/c1-17-27(33(4)32-31-17)20-15-24-21(14-22(20)29)26-25(13-19(16-30-26)28(2,3)35)34(24)23(11-12-36-5)18-9-7-6-8-10-18/h6-10,13-16,23,35H,11-12H2,1-5H3. The lowest BCUT2D eigenvalue weighted by molar-refractivity contribution is 0.0783. The van der Waals surface area contributed by atoms with E-state index in [2.05, 4.69) is 27.0 Å². The Bertz CT molecular complexity index is 1530. The molecule has 1 N–H and O–H groups in total. The topological polar surface area (TPSA) is 78.0 Å². The van der Waals surface area contributed by atoms with Crippen molar-refractivity contribution < 1.29 is 14.2 Å². The summed E-state index contributed by atoms with van der Waals surface area (Å²) in [4.78, 5) is 4.71. The first kappa shape index (κ1) is 24.1. The summed E-state index contributed by atoms with van der Waals surface area (Å²) in [5.74, 6) is -0.364. The second-order valence-electron chi connectivity index (χ2n) is 9.72. The maximum absolute atomic E-state index is 15.6. The maximum Gasteiger partial charge on any atom is 0.133 e. The SMILES string of the molecule is COCCC(c1ccccc1)n1c2cc(-c3c(C)nnn3C)c(F)cc2c2ncc(C(C)(C)O)cc21. The largest absolute Gasteiger partial charge is 0.386 e. The van der Waals surface area contributed by atoms with Crippen LogP contribution in [0.3, 0.4) is 0 Å². The molecule has 1 atom stereocenters. The normalized spacial score (nSPS) is 13.1. The molecule has 5 aromatic rings. The highest BCUT2D eigenvalue weighted by molar-refractivity contribution is 6.07. The molecule has 36 heavy (non-hydrogen) atoms. The van der Waals surface area contributed by atoms with E-state index in [1.807, 2.05) is 37.3 Å². The molecule has 1 unspecified atom stereocenters. The van der Waals surface area contributed by atoms with Crippen LogP contribution in [-0.4, -0.2) is 43.4 Å². The van der Waals surface area contributed by atoms with Gasteiger partial charge in [-0.1, -0.05) is 35.5 Å². The quantitative estimate of drug-likeness (QED) is 0.338. The molecule has 3 heterocycles. The molecule has 0 fully saturated rings. The zero-order valence-electron chi connectivity index (χ0n) is 21.2. The zero-order valence-corrected chi connectivity index (χ0v) is 21.2. The number of aryl methyl sites for hydroxylation is 2. The number of nitrogens with zero attached hydrogens (tertiary/aromatic N) is 5. The number of hydrogen-bond donors (Lipinski definition) is 1. The van der Waals surface area contributed by atoms with Gasteiger partial charge in [0, 0.05) is 43.5 Å². The van der Waals surface area contributed by atoms with Crippen molar-refractivity contribution in [3.05, 3.63) is 77.4 Å². The second kappa shape index (κ2) is 9.11. The minimum Gasteiger partial charge on any atom is -0.386 e. The number of aromatic nitrogens is 5. The molecule has 0 spiro atoms. The van der Waals surface area contributed by atoms with Gasteiger partial charge < -0.3 is 14.4 Å². The smallest absolute Gasteiger partial charge is 0.133 e. The van der Waals surface area contributed by atoms with Crippen molar-refractivity contribution in [2.45, 2.75) is 38.8 Å². The molecule has 0 saturated carbocycles. The number of rotatable bonds is 7. The van der Waals surface area contributed by atoms with E-state index in [1.54, 1.807) is 44.9 Å². The summed E-state index contributed by atoms with van der Waals surface area (Å²) in [6.45, 7) is 5.83. The van der Waals surface area contributed by atoms with E-state index in [-0.39, 0.29) is 11.9 Å². The van der Waals surface area contributed by atoms with Crippen LogP contribution < -0.4 is 0 Å². The van der Waals surface area contributed by atoms with Crippen molar-refractivity contribution in [3.8, 4) is 11.3 Å². The number of methoxy groups -OCH3 is 1. The molecule has 0 saturated heterocycles. The van der Waals surface area contributed by atoms with Crippen LogP contribution in [0, 0.1) is 12.7 Å². The molecular formula is C28H30FN5O2. The fraction of sp³-hybridized carbons (Fsp3) is 0.321. The summed E-state index contributed by atoms with van der Waals surface area (Å²) in [5, 5.41) is 19.6. The fourth-order valence-electron chi connectivity index (χ4n) is 4.96. The third-order valence-corrected chi connectivity index (χ3v) is 6.78. The van der Waals surface area contributed by atoms with Gasteiger partial charge in [-0.05, 0) is 51.0 Å². The van der Waals surface area contributed by atoms with E-state index in [0.717, 1.165) is 16.6 Å². The monoisotopic (exact) mass is 487 g/mol. The summed E-state index contributed by atoms with van der Waals surface area (Å²) in [6.07, 6.45) is 2.37. The van der Waals surface area contributed by atoms with E-state index < -0.39 is 5.60 Å². The van der Waals surface area contributed by atoms with Gasteiger partial charge in [0.25, 0.3) is 0 Å². The highest BCUT2D eigenvalue weighted by atomic mass is 19.1. The lowest BCUT2D eigenvalue weighted by Gasteiger charge is -2.23. The van der Waals surface area contributed by atoms with Gasteiger partial charge in [-0.25, -0.2) is 9.07 Å². The van der Waals surface area contributed by atoms with Crippen LogP contribution in [0.25, 0.3) is 33.2 Å². The molecule has 0 aliphatic carbocycles. The molecule has 3 aromatic heterocycles. The van der Waals surface area contributed by atoms with Crippen LogP contribution in [0.4, 0.5) is 4.39 Å². The van der Waals surface area contributed by atoms with Crippen LogP contribution in [0.1, 0.15) is 43.1 Å². The third kappa shape index (κ3) is 4.06. The van der Waals surface area contributed by atoms with Crippen molar-refractivity contribution in [2.75, 3.05) is 13.7 Å². The van der Waals surface area contributed by atoms with Crippen molar-refractivity contribution >= 4 is 21.9 Å². The number of pyridine rings is 1. The minimum absolute atomic E-state index is 0.103. The van der Waals surface area contributed by atoms with Gasteiger partial charge in [-0.2, -0.15) is 0 Å². The average Bonchev–Trinajstić information content (AvgIpc) is 3.34. The molecule has 0 aliphatic heterocycles. The Morgan fingerprint density at radius 1 is 1.11 bits per heavy atom. The zero-order chi connectivity index (χ0) is 25.6. The molecule has 0 aliphatic rings. The Morgan fingerprint density at radius 3 is 2.50 bits per heavy atom. The lowest BCUT2D eigenvalue weighted by Crippen LogP contribution is -2.17. The highest BCUT2D eigenvalue weighted by Crippen LogP contribution is 2.39. The van der Waals surface area contributed by atoms with Gasteiger partial charge in [-0.15, -0.1) is 5.10 Å². The van der Waals surface area contributed by atoms with Gasteiger partial charge >= 0.3 is 0 Å². The molecule has 7 nitrogen and oxygen atoms in total. The molecule has 186 valence electrons. The third-order valence-electron chi connectivity index (χ3n) is 6.78. The molecule has 0 bridgehead atoms. The van der Waals surface area contributed by atoms with E-state index in [0.29, 0.717) is 46.4 Å². The Balaban J connectivity index is 1.89. The van der Waals surface area contributed by atoms with Gasteiger partial charge in [0.1, 0.15) is 5.82 Å². The molecule has 5 rings (SSSR count). The minimum atomic E-state index is -1.08. The van der Waals surface area contributed by atoms with Crippen LogP contribution in [0.5, 0.6) is 0 Å². The number of benzene rings is 2. The first-order valence-corrected chi connectivity index (χ1v) is 12.0. The molecule has 2 aromatic carbocycles. The predicted molar refractivity (Wildman–Crippen MR) is 138 cm³/mol. The Hall–Kier alpha value is -3.62. The number of fused-ring (bicyclic) bond motifs is 3. The maximum atomic E-state index is 15.6. The van der Waals surface area contributed by atoms with Gasteiger partial charge in [0.15, 0.2) is 0 Å².